The molecule has 3 nitrogen and oxygen atoms in total. The number of rotatable bonds is 6. The zero-order valence-electron chi connectivity index (χ0n) is 8.75. The summed E-state index contributed by atoms with van der Waals surface area (Å²) in [5.74, 6) is -0.268. The molecule has 2 unspecified atom stereocenters. The Morgan fingerprint density at radius 1 is 1.05 bits per heavy atom. The predicted molar refractivity (Wildman–Crippen MR) is 91.8 cm³/mol. The zero-order valence-corrected chi connectivity index (χ0v) is 8.75. The molecule has 0 spiro atoms. The number of hydrogen-bond acceptors (Lipinski definition) is 3. The Bertz CT molecular complexity index is 147. The van der Waals surface area contributed by atoms with Gasteiger partial charge in [0.1, 0.15) is 6.10 Å². The summed E-state index contributed by atoms with van der Waals surface area (Å²) in [6.07, 6.45) is 2.59. The minimum absolute atomic E-state index is 0. The van der Waals surface area contributed by atoms with Crippen molar-refractivity contribution in [2.45, 2.75) is 103 Å². The van der Waals surface area contributed by atoms with Gasteiger partial charge in [0.15, 0.2) is 0 Å². The van der Waals surface area contributed by atoms with E-state index in [-0.39, 0.29) is 62.7 Å². The molecule has 0 heterocycles. The summed E-state index contributed by atoms with van der Waals surface area (Å²) < 4.78 is 5.02. The molecule has 19 heavy (non-hydrogen) atoms. The Hall–Kier alpha value is -0.570. The standard InChI is InChI=1S/C10H20O3.6CH4/c1-4-6-9(12)7-10(5-2)13-8(3)11;;;;;;/h9-10,12H,4-7H2,1-3H3;6*1H4. The molecule has 0 saturated heterocycles. The van der Waals surface area contributed by atoms with Gasteiger partial charge >= 0.3 is 5.97 Å². The van der Waals surface area contributed by atoms with Crippen molar-refractivity contribution >= 4 is 5.97 Å². The lowest BCUT2D eigenvalue weighted by Gasteiger charge is -2.18. The molecule has 1 N–H and O–H groups in total. The molecule has 0 rings (SSSR count). The van der Waals surface area contributed by atoms with Crippen LogP contribution in [0.5, 0.6) is 0 Å². The highest BCUT2D eigenvalue weighted by Gasteiger charge is 2.14. The number of esters is 1. The van der Waals surface area contributed by atoms with E-state index in [4.69, 9.17) is 4.74 Å². The van der Waals surface area contributed by atoms with Crippen molar-refractivity contribution in [3.05, 3.63) is 0 Å². The Balaban J connectivity index is -0.0000000480. The number of ether oxygens (including phenoxy) is 1. The third-order valence-electron chi connectivity index (χ3n) is 1.94. The minimum Gasteiger partial charge on any atom is -0.462 e. The van der Waals surface area contributed by atoms with Gasteiger partial charge < -0.3 is 9.84 Å². The number of carbonyl (C=O) groups is 1. The van der Waals surface area contributed by atoms with Crippen molar-refractivity contribution in [3.8, 4) is 0 Å². The first kappa shape index (κ1) is 42.9. The monoisotopic (exact) mass is 284 g/mol. The van der Waals surface area contributed by atoms with Crippen molar-refractivity contribution in [1.29, 1.82) is 0 Å². The molecule has 0 radical (unpaired) electrons. The van der Waals surface area contributed by atoms with E-state index in [0.717, 1.165) is 19.3 Å². The van der Waals surface area contributed by atoms with E-state index < -0.39 is 0 Å². The maximum atomic E-state index is 10.6. The summed E-state index contributed by atoms with van der Waals surface area (Å²) in [6, 6.07) is 0. The summed E-state index contributed by atoms with van der Waals surface area (Å²) in [7, 11) is 0. The van der Waals surface area contributed by atoms with Gasteiger partial charge in [-0.05, 0) is 12.8 Å². The van der Waals surface area contributed by atoms with Crippen LogP contribution in [0.4, 0.5) is 0 Å². The molecule has 2 atom stereocenters. The van der Waals surface area contributed by atoms with Gasteiger partial charge in [0, 0.05) is 13.3 Å². The van der Waals surface area contributed by atoms with Gasteiger partial charge in [0.25, 0.3) is 0 Å². The highest BCUT2D eigenvalue weighted by molar-refractivity contribution is 5.66. The summed E-state index contributed by atoms with van der Waals surface area (Å²) >= 11 is 0. The van der Waals surface area contributed by atoms with Crippen LogP contribution < -0.4 is 0 Å². The first-order chi connectivity index (χ1) is 6.10. The molecule has 0 amide bonds. The maximum absolute atomic E-state index is 10.6. The van der Waals surface area contributed by atoms with Crippen LogP contribution in [-0.2, 0) is 9.53 Å². The van der Waals surface area contributed by atoms with E-state index in [2.05, 4.69) is 0 Å². The van der Waals surface area contributed by atoms with E-state index in [1.54, 1.807) is 0 Å². The Morgan fingerprint density at radius 2 is 1.47 bits per heavy atom. The third kappa shape index (κ3) is 26.9. The fourth-order valence-corrected chi connectivity index (χ4v) is 1.29. The van der Waals surface area contributed by atoms with E-state index in [1.165, 1.54) is 6.92 Å². The van der Waals surface area contributed by atoms with Crippen LogP contribution in [0.15, 0.2) is 0 Å². The van der Waals surface area contributed by atoms with Crippen LogP contribution in [-0.4, -0.2) is 23.3 Å². The number of aliphatic hydroxyl groups excluding tert-OH is 1. The highest BCUT2D eigenvalue weighted by Crippen LogP contribution is 2.10. The largest absolute Gasteiger partial charge is 0.462 e. The van der Waals surface area contributed by atoms with Crippen molar-refractivity contribution in [2.24, 2.45) is 0 Å². The van der Waals surface area contributed by atoms with Gasteiger partial charge in [-0.15, -0.1) is 0 Å². The molecule has 0 fully saturated rings. The number of hydrogen-bond donors (Lipinski definition) is 1. The van der Waals surface area contributed by atoms with Crippen LogP contribution in [0.25, 0.3) is 0 Å². The fourth-order valence-electron chi connectivity index (χ4n) is 1.29. The molecule has 0 aromatic heterocycles. The smallest absolute Gasteiger partial charge is 0.302 e. The number of aliphatic hydroxyl groups is 1. The molecule has 0 aliphatic carbocycles. The number of carbonyl (C=O) groups excluding carboxylic acids is 1. The van der Waals surface area contributed by atoms with E-state index in [0.29, 0.717) is 6.42 Å². The first-order valence-corrected chi connectivity index (χ1v) is 4.95. The van der Waals surface area contributed by atoms with E-state index in [1.807, 2.05) is 13.8 Å². The minimum atomic E-state index is -0.339. The zero-order chi connectivity index (χ0) is 10.3. The summed E-state index contributed by atoms with van der Waals surface area (Å²) in [5.41, 5.74) is 0. The predicted octanol–water partition coefficient (Wildman–Crippen LogP) is 5.70. The Labute approximate surface area is 124 Å². The topological polar surface area (TPSA) is 46.5 Å². The summed E-state index contributed by atoms with van der Waals surface area (Å²) in [4.78, 5) is 10.6. The normalized spacial score (nSPS) is 10.3. The molecular weight excluding hydrogens is 240 g/mol. The van der Waals surface area contributed by atoms with Gasteiger partial charge in [-0.2, -0.15) is 0 Å². The van der Waals surface area contributed by atoms with Crippen LogP contribution in [0, 0.1) is 0 Å². The Kier molecular flexibility index (Phi) is 58.8. The fraction of sp³-hybridized carbons (Fsp3) is 0.938. The average molecular weight is 285 g/mol. The van der Waals surface area contributed by atoms with Crippen LogP contribution in [0.1, 0.15) is 91.0 Å². The van der Waals surface area contributed by atoms with Crippen molar-refractivity contribution in [1.82, 2.24) is 0 Å². The van der Waals surface area contributed by atoms with Gasteiger partial charge in [-0.1, -0.05) is 64.8 Å². The SMILES string of the molecule is C.C.C.C.C.C.CCCC(O)CC(CC)OC(C)=O. The van der Waals surface area contributed by atoms with Gasteiger partial charge in [-0.25, -0.2) is 0 Å². The van der Waals surface area contributed by atoms with Crippen LogP contribution in [0.2, 0.25) is 0 Å². The molecule has 126 valence electrons. The molecule has 3 heteroatoms. The molecule has 0 aromatic rings. The maximum Gasteiger partial charge on any atom is 0.302 e. The van der Waals surface area contributed by atoms with E-state index in [9.17, 15) is 9.90 Å². The second kappa shape index (κ2) is 26.1. The molecule has 0 aliphatic rings. The van der Waals surface area contributed by atoms with Crippen molar-refractivity contribution < 1.29 is 14.6 Å². The van der Waals surface area contributed by atoms with Crippen molar-refractivity contribution in [2.75, 3.05) is 0 Å². The lowest BCUT2D eigenvalue weighted by molar-refractivity contribution is -0.147. The second-order valence-corrected chi connectivity index (χ2v) is 3.32. The lowest BCUT2D eigenvalue weighted by atomic mass is 10.1. The first-order valence-electron chi connectivity index (χ1n) is 4.95. The van der Waals surface area contributed by atoms with Gasteiger partial charge in [0.2, 0.25) is 0 Å². The lowest BCUT2D eigenvalue weighted by Crippen LogP contribution is -2.22. The van der Waals surface area contributed by atoms with Gasteiger partial charge in [-0.3, -0.25) is 4.79 Å². The molecule has 0 bridgehead atoms. The molecular formula is C16H44O3. The molecule has 0 aliphatic heterocycles. The molecule has 0 saturated carbocycles. The van der Waals surface area contributed by atoms with Crippen LogP contribution in [0.3, 0.4) is 0 Å². The quantitative estimate of drug-likeness (QED) is 0.637. The average Bonchev–Trinajstić information content (AvgIpc) is 2.02. The van der Waals surface area contributed by atoms with Crippen molar-refractivity contribution in [3.63, 3.8) is 0 Å². The van der Waals surface area contributed by atoms with E-state index >= 15 is 0 Å². The second-order valence-electron chi connectivity index (χ2n) is 3.32. The summed E-state index contributed by atoms with van der Waals surface area (Å²) in [5, 5.41) is 9.47. The summed E-state index contributed by atoms with van der Waals surface area (Å²) in [6.45, 7) is 5.37. The Morgan fingerprint density at radius 3 is 1.74 bits per heavy atom. The highest BCUT2D eigenvalue weighted by atomic mass is 16.5. The third-order valence-corrected chi connectivity index (χ3v) is 1.94. The van der Waals surface area contributed by atoms with Crippen LogP contribution >= 0.6 is 0 Å². The molecule has 0 aromatic carbocycles. The van der Waals surface area contributed by atoms with Gasteiger partial charge in [0.05, 0.1) is 6.10 Å².